The van der Waals surface area contributed by atoms with Gasteiger partial charge in [0.1, 0.15) is 0 Å². The monoisotopic (exact) mass is 269 g/mol. The molecule has 0 aromatic heterocycles. The maximum Gasteiger partial charge on any atom is 0.320 e. The fourth-order valence-corrected chi connectivity index (χ4v) is 3.37. The normalized spacial score (nSPS) is 19.2. The first kappa shape index (κ1) is 13.0. The summed E-state index contributed by atoms with van der Waals surface area (Å²) in [5, 5.41) is 8.52. The summed E-state index contributed by atoms with van der Waals surface area (Å²) in [6, 6.07) is 7.70. The Hall–Kier alpha value is -1.40. The van der Waals surface area contributed by atoms with Gasteiger partial charge in [-0.1, -0.05) is 24.3 Å². The van der Waals surface area contributed by atoms with Crippen molar-refractivity contribution in [2.24, 2.45) is 0 Å². The minimum atomic E-state index is -3.73. The van der Waals surface area contributed by atoms with E-state index in [1.165, 1.54) is 5.56 Å². The first-order valence-corrected chi connectivity index (χ1v) is 7.40. The van der Waals surface area contributed by atoms with Gasteiger partial charge >= 0.3 is 5.97 Å². The van der Waals surface area contributed by atoms with Crippen LogP contribution in [0.25, 0.3) is 0 Å². The van der Waals surface area contributed by atoms with E-state index < -0.39 is 21.7 Å². The molecule has 1 unspecified atom stereocenters. The predicted molar refractivity (Wildman–Crippen MR) is 66.8 cm³/mol. The van der Waals surface area contributed by atoms with E-state index in [1.54, 1.807) is 0 Å². The molecule has 0 radical (unpaired) electrons. The maximum absolute atomic E-state index is 11.5. The number of rotatable bonds is 4. The number of fused-ring (bicyclic) bond motifs is 1. The van der Waals surface area contributed by atoms with Gasteiger partial charge in [0.05, 0.1) is 0 Å². The molecule has 1 aliphatic carbocycles. The van der Waals surface area contributed by atoms with E-state index in [0.717, 1.165) is 12.0 Å². The lowest BCUT2D eigenvalue weighted by Crippen LogP contribution is -2.41. The zero-order valence-electron chi connectivity index (χ0n) is 9.80. The number of sulfonamides is 1. The van der Waals surface area contributed by atoms with Crippen molar-refractivity contribution in [1.82, 2.24) is 4.72 Å². The highest BCUT2D eigenvalue weighted by atomic mass is 32.2. The van der Waals surface area contributed by atoms with Gasteiger partial charge in [-0.2, -0.15) is 0 Å². The molecule has 0 aliphatic heterocycles. The number of aliphatic carboxylic acids is 1. The average molecular weight is 269 g/mol. The number of aryl methyl sites for hydroxylation is 1. The van der Waals surface area contributed by atoms with Gasteiger partial charge in [-0.05, 0) is 30.4 Å². The number of nitrogens with one attached hydrogen (secondary N) is 1. The Labute approximate surface area is 106 Å². The number of hydrogen-bond donors (Lipinski definition) is 2. The summed E-state index contributed by atoms with van der Waals surface area (Å²) in [6.07, 6.45) is 2.14. The molecule has 98 valence electrons. The minimum absolute atomic E-state index is 0.204. The molecule has 0 saturated heterocycles. The summed E-state index contributed by atoms with van der Waals surface area (Å²) in [6.45, 7) is 0. The van der Waals surface area contributed by atoms with E-state index in [1.807, 2.05) is 24.3 Å². The first-order valence-electron chi connectivity index (χ1n) is 5.75. The molecule has 0 amide bonds. The Morgan fingerprint density at radius 2 is 2.00 bits per heavy atom. The fourth-order valence-electron chi connectivity index (χ4n) is 2.26. The third-order valence-corrected chi connectivity index (χ3v) is 4.33. The van der Waals surface area contributed by atoms with E-state index in [-0.39, 0.29) is 6.04 Å². The lowest BCUT2D eigenvalue weighted by atomic mass is 9.89. The summed E-state index contributed by atoms with van der Waals surface area (Å²) >= 11 is 0. The van der Waals surface area contributed by atoms with Gasteiger partial charge in [0.25, 0.3) is 0 Å². The molecule has 18 heavy (non-hydrogen) atoms. The van der Waals surface area contributed by atoms with Gasteiger partial charge in [-0.3, -0.25) is 4.79 Å². The second kappa shape index (κ2) is 5.07. The lowest BCUT2D eigenvalue weighted by molar-refractivity contribution is -0.134. The van der Waals surface area contributed by atoms with Crippen molar-refractivity contribution in [2.45, 2.75) is 25.3 Å². The van der Waals surface area contributed by atoms with Crippen LogP contribution in [0.4, 0.5) is 0 Å². The van der Waals surface area contributed by atoms with Crippen LogP contribution in [-0.4, -0.2) is 31.3 Å². The second-order valence-electron chi connectivity index (χ2n) is 4.48. The molecule has 1 aliphatic rings. The highest BCUT2D eigenvalue weighted by Gasteiger charge is 2.24. The molecule has 1 aromatic carbocycles. The smallest absolute Gasteiger partial charge is 0.320 e. The highest BCUT2D eigenvalue weighted by molar-refractivity contribution is 7.90. The van der Waals surface area contributed by atoms with Crippen molar-refractivity contribution < 1.29 is 18.3 Å². The van der Waals surface area contributed by atoms with E-state index in [9.17, 15) is 13.2 Å². The van der Waals surface area contributed by atoms with Gasteiger partial charge in [0, 0.05) is 6.04 Å². The van der Waals surface area contributed by atoms with Crippen LogP contribution in [0, 0.1) is 0 Å². The molecule has 2 N–H and O–H groups in total. The van der Waals surface area contributed by atoms with Gasteiger partial charge in [0.15, 0.2) is 5.75 Å². The Morgan fingerprint density at radius 3 is 2.67 bits per heavy atom. The molecule has 6 heteroatoms. The Bertz CT molecular complexity index is 553. The Kier molecular flexibility index (Phi) is 3.68. The van der Waals surface area contributed by atoms with Crippen molar-refractivity contribution in [3.05, 3.63) is 35.4 Å². The van der Waals surface area contributed by atoms with Crippen LogP contribution >= 0.6 is 0 Å². The zero-order valence-corrected chi connectivity index (χ0v) is 10.6. The SMILES string of the molecule is O=C(O)CS(=O)(=O)NC1CCc2ccccc2C1. The number of carbonyl (C=O) groups is 1. The van der Waals surface area contributed by atoms with Crippen LogP contribution in [0.15, 0.2) is 24.3 Å². The Morgan fingerprint density at radius 1 is 1.33 bits per heavy atom. The fraction of sp³-hybridized carbons (Fsp3) is 0.417. The van der Waals surface area contributed by atoms with Crippen LogP contribution in [0.2, 0.25) is 0 Å². The molecule has 0 heterocycles. The van der Waals surface area contributed by atoms with Crippen LogP contribution in [0.3, 0.4) is 0 Å². The topological polar surface area (TPSA) is 83.5 Å². The van der Waals surface area contributed by atoms with Crippen LogP contribution in [0.5, 0.6) is 0 Å². The van der Waals surface area contributed by atoms with Gasteiger partial charge in [0.2, 0.25) is 10.0 Å². The van der Waals surface area contributed by atoms with Gasteiger partial charge < -0.3 is 5.11 Å². The van der Waals surface area contributed by atoms with Crippen LogP contribution in [0.1, 0.15) is 17.5 Å². The number of carboxylic acid groups (broad SMARTS) is 1. The summed E-state index contributed by atoms with van der Waals surface area (Å²) in [5.74, 6) is -2.20. The van der Waals surface area contributed by atoms with Crippen LogP contribution < -0.4 is 4.72 Å². The van der Waals surface area contributed by atoms with Gasteiger partial charge in [-0.15, -0.1) is 0 Å². The molecule has 0 bridgehead atoms. The van der Waals surface area contributed by atoms with Crippen molar-refractivity contribution in [3.63, 3.8) is 0 Å². The van der Waals surface area contributed by atoms with Crippen molar-refractivity contribution in [1.29, 1.82) is 0 Å². The summed E-state index contributed by atoms with van der Waals surface area (Å²) in [4.78, 5) is 10.4. The molecule has 5 nitrogen and oxygen atoms in total. The van der Waals surface area contributed by atoms with Crippen molar-refractivity contribution in [3.8, 4) is 0 Å². The molecule has 0 saturated carbocycles. The maximum atomic E-state index is 11.5. The zero-order chi connectivity index (χ0) is 13.2. The molecule has 1 aromatic rings. The largest absolute Gasteiger partial charge is 0.480 e. The minimum Gasteiger partial charge on any atom is -0.480 e. The predicted octanol–water partition coefficient (Wildman–Crippen LogP) is 0.548. The summed E-state index contributed by atoms with van der Waals surface area (Å²) in [7, 11) is -3.73. The molecule has 0 spiro atoms. The van der Waals surface area contributed by atoms with E-state index in [2.05, 4.69) is 4.72 Å². The Balaban J connectivity index is 2.04. The first-order chi connectivity index (χ1) is 8.46. The third kappa shape index (κ3) is 3.30. The third-order valence-electron chi connectivity index (χ3n) is 3.01. The van der Waals surface area contributed by atoms with Crippen LogP contribution in [-0.2, 0) is 27.7 Å². The molecule has 0 fully saturated rings. The van der Waals surface area contributed by atoms with E-state index in [0.29, 0.717) is 12.8 Å². The number of benzene rings is 1. The molecule has 1 atom stereocenters. The highest BCUT2D eigenvalue weighted by Crippen LogP contribution is 2.21. The lowest BCUT2D eigenvalue weighted by Gasteiger charge is -2.24. The molecular weight excluding hydrogens is 254 g/mol. The van der Waals surface area contributed by atoms with E-state index >= 15 is 0 Å². The van der Waals surface area contributed by atoms with E-state index in [4.69, 9.17) is 5.11 Å². The van der Waals surface area contributed by atoms with Crippen molar-refractivity contribution in [2.75, 3.05) is 5.75 Å². The quantitative estimate of drug-likeness (QED) is 0.836. The standard InChI is InChI=1S/C12H15NO4S/c14-12(15)8-18(16,17)13-11-6-5-9-3-1-2-4-10(9)7-11/h1-4,11,13H,5-8H2,(H,14,15). The summed E-state index contributed by atoms with van der Waals surface area (Å²) in [5.41, 5.74) is 2.37. The average Bonchev–Trinajstić information content (AvgIpc) is 2.26. The van der Waals surface area contributed by atoms with Crippen molar-refractivity contribution >= 4 is 16.0 Å². The number of carboxylic acids is 1. The second-order valence-corrected chi connectivity index (χ2v) is 6.23. The summed E-state index contributed by atoms with van der Waals surface area (Å²) < 4.78 is 25.5. The van der Waals surface area contributed by atoms with Gasteiger partial charge in [-0.25, -0.2) is 13.1 Å². The molecule has 2 rings (SSSR count). The molecular formula is C12H15NO4S. The number of hydrogen-bond acceptors (Lipinski definition) is 3.